The van der Waals surface area contributed by atoms with Crippen LogP contribution in [0.4, 0.5) is 4.39 Å². The molecule has 0 aliphatic rings. The third-order valence-corrected chi connectivity index (χ3v) is 3.27. The number of hydrogen-bond donors (Lipinski definition) is 1. The van der Waals surface area contributed by atoms with Gasteiger partial charge in [-0.15, -0.1) is 0 Å². The highest BCUT2D eigenvalue weighted by molar-refractivity contribution is 5.32. The fraction of sp³-hybridized carbons (Fsp3) is 0.600. The summed E-state index contributed by atoms with van der Waals surface area (Å²) in [6.45, 7) is 10.7. The maximum Gasteiger partial charge on any atom is 0.123 e. The summed E-state index contributed by atoms with van der Waals surface area (Å²) in [5.41, 5.74) is 2.39. The van der Waals surface area contributed by atoms with Crippen LogP contribution in [0.2, 0.25) is 0 Å². The van der Waals surface area contributed by atoms with Gasteiger partial charge in [-0.05, 0) is 61.5 Å². The van der Waals surface area contributed by atoms with Crippen LogP contribution in [0.1, 0.15) is 44.7 Å². The van der Waals surface area contributed by atoms with E-state index in [4.69, 9.17) is 0 Å². The van der Waals surface area contributed by atoms with Gasteiger partial charge in [-0.2, -0.15) is 0 Å². The van der Waals surface area contributed by atoms with E-state index in [1.54, 1.807) is 12.1 Å². The lowest BCUT2D eigenvalue weighted by atomic mass is 9.79. The van der Waals surface area contributed by atoms with Crippen molar-refractivity contribution in [2.45, 2.75) is 46.0 Å². The second-order valence-corrected chi connectivity index (χ2v) is 5.34. The largest absolute Gasteiger partial charge is 0.317 e. The fourth-order valence-electron chi connectivity index (χ4n) is 2.22. The third kappa shape index (κ3) is 4.12. The van der Waals surface area contributed by atoms with Crippen molar-refractivity contribution in [1.29, 1.82) is 0 Å². The van der Waals surface area contributed by atoms with Gasteiger partial charge in [-0.3, -0.25) is 0 Å². The Morgan fingerprint density at radius 2 is 1.94 bits per heavy atom. The second-order valence-electron chi connectivity index (χ2n) is 5.34. The first kappa shape index (κ1) is 14.2. The monoisotopic (exact) mass is 237 g/mol. The van der Waals surface area contributed by atoms with E-state index in [0.29, 0.717) is 0 Å². The van der Waals surface area contributed by atoms with E-state index >= 15 is 0 Å². The normalized spacial score (nSPS) is 11.8. The first-order valence-electron chi connectivity index (χ1n) is 6.44. The van der Waals surface area contributed by atoms with Crippen molar-refractivity contribution >= 4 is 0 Å². The smallest absolute Gasteiger partial charge is 0.123 e. The van der Waals surface area contributed by atoms with Crippen LogP contribution in [0.3, 0.4) is 0 Å². The molecule has 0 saturated heterocycles. The number of rotatable bonds is 6. The molecule has 0 amide bonds. The van der Waals surface area contributed by atoms with Gasteiger partial charge in [0.15, 0.2) is 0 Å². The average Bonchev–Trinajstić information content (AvgIpc) is 2.24. The number of aryl methyl sites for hydroxylation is 1. The standard InChI is InChI=1S/C15H24FN/c1-5-9-17-10-8-15(3,4)14-7-6-13(16)11-12(14)2/h6-7,11,17H,5,8-10H2,1-4H3. The van der Waals surface area contributed by atoms with E-state index in [1.807, 2.05) is 13.0 Å². The summed E-state index contributed by atoms with van der Waals surface area (Å²) in [4.78, 5) is 0. The number of benzene rings is 1. The number of halogens is 1. The van der Waals surface area contributed by atoms with Gasteiger partial charge in [0.05, 0.1) is 0 Å². The molecule has 1 N–H and O–H groups in total. The predicted octanol–water partition coefficient (Wildman–Crippen LogP) is 3.80. The van der Waals surface area contributed by atoms with Crippen molar-refractivity contribution < 1.29 is 4.39 Å². The van der Waals surface area contributed by atoms with Gasteiger partial charge in [-0.25, -0.2) is 4.39 Å². The zero-order valence-corrected chi connectivity index (χ0v) is 11.4. The molecule has 17 heavy (non-hydrogen) atoms. The van der Waals surface area contributed by atoms with Crippen molar-refractivity contribution in [3.63, 3.8) is 0 Å². The van der Waals surface area contributed by atoms with Gasteiger partial charge in [0.25, 0.3) is 0 Å². The Balaban J connectivity index is 2.68. The average molecular weight is 237 g/mol. The topological polar surface area (TPSA) is 12.0 Å². The molecule has 0 spiro atoms. The van der Waals surface area contributed by atoms with Crippen molar-refractivity contribution in [3.8, 4) is 0 Å². The summed E-state index contributed by atoms with van der Waals surface area (Å²) in [5, 5.41) is 3.42. The summed E-state index contributed by atoms with van der Waals surface area (Å²) < 4.78 is 13.1. The minimum Gasteiger partial charge on any atom is -0.317 e. The molecular weight excluding hydrogens is 213 g/mol. The molecule has 2 heteroatoms. The molecule has 0 heterocycles. The Morgan fingerprint density at radius 1 is 1.24 bits per heavy atom. The second kappa shape index (κ2) is 6.15. The zero-order valence-electron chi connectivity index (χ0n) is 11.4. The summed E-state index contributed by atoms with van der Waals surface area (Å²) in [6.07, 6.45) is 2.23. The molecule has 0 fully saturated rings. The minimum absolute atomic E-state index is 0.0958. The lowest BCUT2D eigenvalue weighted by molar-refractivity contribution is 0.454. The Bertz CT molecular complexity index is 358. The van der Waals surface area contributed by atoms with Crippen LogP contribution in [0.25, 0.3) is 0 Å². The van der Waals surface area contributed by atoms with Gasteiger partial charge in [0, 0.05) is 0 Å². The predicted molar refractivity (Wildman–Crippen MR) is 71.9 cm³/mol. The summed E-state index contributed by atoms with van der Waals surface area (Å²) >= 11 is 0. The van der Waals surface area contributed by atoms with Crippen LogP contribution >= 0.6 is 0 Å². The van der Waals surface area contributed by atoms with E-state index in [9.17, 15) is 4.39 Å². The molecule has 0 atom stereocenters. The molecule has 0 saturated carbocycles. The van der Waals surface area contributed by atoms with Crippen LogP contribution in [0.5, 0.6) is 0 Å². The quantitative estimate of drug-likeness (QED) is 0.742. The highest BCUT2D eigenvalue weighted by atomic mass is 19.1. The van der Waals surface area contributed by atoms with E-state index in [0.717, 1.165) is 31.5 Å². The maximum absolute atomic E-state index is 13.1. The molecule has 0 radical (unpaired) electrons. The Labute approximate surface area is 104 Å². The van der Waals surface area contributed by atoms with Crippen LogP contribution in [0.15, 0.2) is 18.2 Å². The number of nitrogens with one attached hydrogen (secondary N) is 1. The Hall–Kier alpha value is -0.890. The zero-order chi connectivity index (χ0) is 12.9. The third-order valence-electron chi connectivity index (χ3n) is 3.27. The molecule has 0 aliphatic carbocycles. The molecule has 0 unspecified atom stereocenters. The van der Waals surface area contributed by atoms with E-state index in [2.05, 4.69) is 26.1 Å². The van der Waals surface area contributed by atoms with Crippen molar-refractivity contribution in [2.75, 3.05) is 13.1 Å². The van der Waals surface area contributed by atoms with Crippen molar-refractivity contribution in [1.82, 2.24) is 5.32 Å². The molecule has 1 rings (SSSR count). The molecule has 1 aromatic carbocycles. The van der Waals surface area contributed by atoms with Crippen LogP contribution < -0.4 is 5.32 Å². The summed E-state index contributed by atoms with van der Waals surface area (Å²) in [6, 6.07) is 5.10. The Morgan fingerprint density at radius 3 is 2.53 bits per heavy atom. The lowest BCUT2D eigenvalue weighted by Gasteiger charge is -2.27. The first-order valence-corrected chi connectivity index (χ1v) is 6.44. The fourth-order valence-corrected chi connectivity index (χ4v) is 2.22. The van der Waals surface area contributed by atoms with Gasteiger partial charge >= 0.3 is 0 Å². The molecule has 0 aliphatic heterocycles. The van der Waals surface area contributed by atoms with Crippen LogP contribution in [0, 0.1) is 12.7 Å². The maximum atomic E-state index is 13.1. The minimum atomic E-state index is -0.147. The lowest BCUT2D eigenvalue weighted by Crippen LogP contribution is -2.26. The van der Waals surface area contributed by atoms with Crippen molar-refractivity contribution in [2.24, 2.45) is 0 Å². The van der Waals surface area contributed by atoms with Gasteiger partial charge in [-0.1, -0.05) is 26.8 Å². The number of hydrogen-bond acceptors (Lipinski definition) is 1. The van der Waals surface area contributed by atoms with E-state index in [1.165, 1.54) is 5.56 Å². The molecule has 0 bridgehead atoms. The Kier molecular flexibility index (Phi) is 5.13. The van der Waals surface area contributed by atoms with Crippen LogP contribution in [-0.4, -0.2) is 13.1 Å². The summed E-state index contributed by atoms with van der Waals surface area (Å²) in [7, 11) is 0. The van der Waals surface area contributed by atoms with Crippen molar-refractivity contribution in [3.05, 3.63) is 35.1 Å². The van der Waals surface area contributed by atoms with Crippen LogP contribution in [-0.2, 0) is 5.41 Å². The molecule has 1 nitrogen and oxygen atoms in total. The first-order chi connectivity index (χ1) is 7.97. The molecule has 0 aromatic heterocycles. The summed E-state index contributed by atoms with van der Waals surface area (Å²) in [5.74, 6) is -0.147. The SMILES string of the molecule is CCCNCCC(C)(C)c1ccc(F)cc1C. The highest BCUT2D eigenvalue weighted by Crippen LogP contribution is 2.29. The van der Waals surface area contributed by atoms with Gasteiger partial charge in [0.1, 0.15) is 5.82 Å². The molecular formula is C15H24FN. The van der Waals surface area contributed by atoms with E-state index < -0.39 is 0 Å². The van der Waals surface area contributed by atoms with E-state index in [-0.39, 0.29) is 11.2 Å². The van der Waals surface area contributed by atoms with Gasteiger partial charge < -0.3 is 5.32 Å². The highest BCUT2D eigenvalue weighted by Gasteiger charge is 2.21. The molecule has 96 valence electrons. The van der Waals surface area contributed by atoms with Gasteiger partial charge in [0.2, 0.25) is 0 Å². The molecule has 1 aromatic rings.